The summed E-state index contributed by atoms with van der Waals surface area (Å²) in [4.78, 5) is 0. The van der Waals surface area contributed by atoms with Crippen LogP contribution in [0.3, 0.4) is 0 Å². The molecule has 2 N–H and O–H groups in total. The van der Waals surface area contributed by atoms with Crippen molar-refractivity contribution in [3.63, 3.8) is 0 Å². The molecule has 0 aromatic carbocycles. The standard InChI is InChI=1S/C7H15N.C6H13NO.2CH4/c1-4-7(8)5-6(2)3;1-5(2)4-6(7)8-3;;/h6,8H,4-5H2,1-3H3;5,7H,4H2,1-3H3;2*1H4. The Labute approximate surface area is 115 Å². The van der Waals surface area contributed by atoms with Gasteiger partial charge in [0, 0.05) is 12.1 Å². The van der Waals surface area contributed by atoms with E-state index in [0.717, 1.165) is 25.0 Å². The average Bonchev–Trinajstić information content (AvgIpc) is 2.16. The lowest BCUT2D eigenvalue weighted by molar-refractivity contribution is 0.376. The summed E-state index contributed by atoms with van der Waals surface area (Å²) >= 11 is 0. The van der Waals surface area contributed by atoms with Gasteiger partial charge in [-0.1, -0.05) is 49.5 Å². The Morgan fingerprint density at radius 2 is 1.33 bits per heavy atom. The van der Waals surface area contributed by atoms with Crippen LogP contribution in [-0.4, -0.2) is 18.7 Å². The molecule has 0 aliphatic rings. The Kier molecular flexibility index (Phi) is 23.2. The molecule has 0 spiro atoms. The van der Waals surface area contributed by atoms with Crippen molar-refractivity contribution >= 4 is 11.6 Å². The molecule has 0 rings (SSSR count). The zero-order valence-electron chi connectivity index (χ0n) is 11.7. The van der Waals surface area contributed by atoms with E-state index in [0.29, 0.717) is 17.7 Å². The third-order valence-corrected chi connectivity index (χ3v) is 1.92. The quantitative estimate of drug-likeness (QED) is 0.505. The molecular weight excluding hydrogens is 224 g/mol. The van der Waals surface area contributed by atoms with Gasteiger partial charge in [0.15, 0.2) is 5.90 Å². The van der Waals surface area contributed by atoms with E-state index in [4.69, 9.17) is 10.8 Å². The SMILES string of the molecule is C.C.CCC(=N)CC(C)C.COC(=N)CC(C)C. The van der Waals surface area contributed by atoms with Crippen LogP contribution in [0.1, 0.15) is 68.7 Å². The molecule has 0 saturated carbocycles. The van der Waals surface area contributed by atoms with Crippen LogP contribution < -0.4 is 0 Å². The average molecular weight is 260 g/mol. The molecule has 0 heterocycles. The first-order valence-electron chi connectivity index (χ1n) is 6.01. The van der Waals surface area contributed by atoms with Crippen LogP contribution in [0, 0.1) is 22.7 Å². The molecule has 0 aromatic rings. The first-order chi connectivity index (χ1) is 7.33. The Balaban J connectivity index is -0.0000000980. The lowest BCUT2D eigenvalue weighted by Gasteiger charge is -2.02. The summed E-state index contributed by atoms with van der Waals surface area (Å²) in [6.07, 6.45) is 2.63. The van der Waals surface area contributed by atoms with Gasteiger partial charge in [0.25, 0.3) is 0 Å². The van der Waals surface area contributed by atoms with E-state index in [1.54, 1.807) is 0 Å². The molecule has 18 heavy (non-hydrogen) atoms. The minimum absolute atomic E-state index is 0. The number of rotatable bonds is 5. The second kappa shape index (κ2) is 16.1. The van der Waals surface area contributed by atoms with Crippen molar-refractivity contribution < 1.29 is 4.74 Å². The fourth-order valence-electron chi connectivity index (χ4n) is 1.09. The van der Waals surface area contributed by atoms with Crippen molar-refractivity contribution in [1.82, 2.24) is 0 Å². The highest BCUT2D eigenvalue weighted by molar-refractivity contribution is 5.81. The Morgan fingerprint density at radius 3 is 1.44 bits per heavy atom. The third kappa shape index (κ3) is 24.4. The molecule has 3 nitrogen and oxygen atoms in total. The highest BCUT2D eigenvalue weighted by atomic mass is 16.5. The number of hydrogen-bond donors (Lipinski definition) is 2. The van der Waals surface area contributed by atoms with Crippen LogP contribution in [0.2, 0.25) is 0 Å². The molecule has 0 bridgehead atoms. The van der Waals surface area contributed by atoms with Crippen LogP contribution in [0.5, 0.6) is 0 Å². The maximum Gasteiger partial charge on any atom is 0.180 e. The first kappa shape index (κ1) is 25.9. The summed E-state index contributed by atoms with van der Waals surface area (Å²) in [7, 11) is 1.53. The van der Waals surface area contributed by atoms with E-state index in [1.165, 1.54) is 7.11 Å². The van der Waals surface area contributed by atoms with Gasteiger partial charge >= 0.3 is 0 Å². The van der Waals surface area contributed by atoms with Crippen molar-refractivity contribution in [2.75, 3.05) is 7.11 Å². The van der Waals surface area contributed by atoms with Crippen LogP contribution >= 0.6 is 0 Å². The number of hydrogen-bond acceptors (Lipinski definition) is 3. The second-order valence-corrected chi connectivity index (χ2v) is 4.78. The maximum absolute atomic E-state index is 7.27. The number of nitrogens with one attached hydrogen (secondary N) is 2. The normalized spacial score (nSPS) is 8.67. The van der Waals surface area contributed by atoms with E-state index in [1.807, 2.05) is 6.92 Å². The van der Waals surface area contributed by atoms with E-state index in [9.17, 15) is 0 Å². The lowest BCUT2D eigenvalue weighted by Crippen LogP contribution is -2.02. The molecule has 3 heteroatoms. The monoisotopic (exact) mass is 260 g/mol. The molecule has 0 aliphatic carbocycles. The van der Waals surface area contributed by atoms with E-state index < -0.39 is 0 Å². The second-order valence-electron chi connectivity index (χ2n) is 4.78. The smallest absolute Gasteiger partial charge is 0.180 e. The molecule has 0 unspecified atom stereocenters. The van der Waals surface area contributed by atoms with E-state index in [-0.39, 0.29) is 14.9 Å². The van der Waals surface area contributed by atoms with Gasteiger partial charge in [0.1, 0.15) is 0 Å². The van der Waals surface area contributed by atoms with Crippen molar-refractivity contribution in [1.29, 1.82) is 10.8 Å². The Bertz CT molecular complexity index is 177. The topological polar surface area (TPSA) is 56.9 Å². The fourth-order valence-corrected chi connectivity index (χ4v) is 1.09. The van der Waals surface area contributed by atoms with Gasteiger partial charge in [-0.05, 0) is 24.7 Å². The summed E-state index contributed by atoms with van der Waals surface area (Å²) in [5.41, 5.74) is 0.875. The van der Waals surface area contributed by atoms with Crippen LogP contribution in [0.15, 0.2) is 0 Å². The van der Waals surface area contributed by atoms with Gasteiger partial charge in [-0.2, -0.15) is 0 Å². The van der Waals surface area contributed by atoms with Crippen LogP contribution in [0.4, 0.5) is 0 Å². The predicted molar refractivity (Wildman–Crippen MR) is 85.1 cm³/mol. The van der Waals surface area contributed by atoms with Crippen molar-refractivity contribution in [3.05, 3.63) is 0 Å². The van der Waals surface area contributed by atoms with E-state index in [2.05, 4.69) is 32.4 Å². The lowest BCUT2D eigenvalue weighted by atomic mass is 10.1. The third-order valence-electron chi connectivity index (χ3n) is 1.92. The number of methoxy groups -OCH3 is 1. The van der Waals surface area contributed by atoms with Gasteiger partial charge in [-0.25, -0.2) is 0 Å². The highest BCUT2D eigenvalue weighted by Gasteiger charge is 1.97. The highest BCUT2D eigenvalue weighted by Crippen LogP contribution is 2.01. The molecule has 112 valence electrons. The summed E-state index contributed by atoms with van der Waals surface area (Å²) in [6, 6.07) is 0. The van der Waals surface area contributed by atoms with Crippen LogP contribution in [-0.2, 0) is 4.74 Å². The summed E-state index contributed by atoms with van der Waals surface area (Å²) in [5.74, 6) is 1.56. The summed E-state index contributed by atoms with van der Waals surface area (Å²) in [5, 5.41) is 14.3. The van der Waals surface area contributed by atoms with E-state index >= 15 is 0 Å². The molecular formula is C15H36N2O. The molecule has 0 aromatic heterocycles. The zero-order valence-corrected chi connectivity index (χ0v) is 11.7. The fraction of sp³-hybridized carbons (Fsp3) is 0.867. The van der Waals surface area contributed by atoms with Gasteiger partial charge in [0.05, 0.1) is 7.11 Å². The summed E-state index contributed by atoms with van der Waals surface area (Å²) < 4.78 is 4.64. The number of ether oxygens (including phenoxy) is 1. The van der Waals surface area contributed by atoms with Gasteiger partial charge < -0.3 is 10.1 Å². The Morgan fingerprint density at radius 1 is 0.944 bits per heavy atom. The minimum Gasteiger partial charge on any atom is -0.484 e. The summed E-state index contributed by atoms with van der Waals surface area (Å²) in [6.45, 7) is 10.4. The van der Waals surface area contributed by atoms with Crippen molar-refractivity contribution in [2.24, 2.45) is 11.8 Å². The predicted octanol–water partition coefficient (Wildman–Crippen LogP) is 5.39. The van der Waals surface area contributed by atoms with Crippen LogP contribution in [0.25, 0.3) is 0 Å². The van der Waals surface area contributed by atoms with Crippen molar-refractivity contribution in [2.45, 2.75) is 68.7 Å². The van der Waals surface area contributed by atoms with Crippen molar-refractivity contribution in [3.8, 4) is 0 Å². The largest absolute Gasteiger partial charge is 0.484 e. The van der Waals surface area contributed by atoms with Gasteiger partial charge in [-0.3, -0.25) is 5.41 Å². The maximum atomic E-state index is 7.27. The zero-order chi connectivity index (χ0) is 13.1. The first-order valence-corrected chi connectivity index (χ1v) is 6.01. The van der Waals surface area contributed by atoms with Gasteiger partial charge in [0.2, 0.25) is 0 Å². The molecule has 0 saturated heterocycles. The van der Waals surface area contributed by atoms with Gasteiger partial charge in [-0.15, -0.1) is 0 Å². The molecule has 0 aliphatic heterocycles. The molecule has 0 atom stereocenters. The molecule has 0 radical (unpaired) electrons. The minimum atomic E-state index is 0. The Hall–Kier alpha value is -0.860. The molecule has 0 amide bonds. The molecule has 0 fully saturated rings.